The fourth-order valence-corrected chi connectivity index (χ4v) is 2.58. The highest BCUT2D eigenvalue weighted by atomic mass is 16.5. The van der Waals surface area contributed by atoms with Crippen molar-refractivity contribution in [2.24, 2.45) is 0 Å². The molecule has 1 aliphatic heterocycles. The van der Waals surface area contributed by atoms with E-state index in [4.69, 9.17) is 8.94 Å². The zero-order valence-electron chi connectivity index (χ0n) is 11.4. The maximum absolute atomic E-state index is 5.50. The van der Waals surface area contributed by atoms with Crippen LogP contribution in [0.15, 0.2) is 15.0 Å². The fraction of sp³-hybridized carbons (Fsp3) is 0.571. The minimum Gasteiger partial charge on any atom is -0.466 e. The van der Waals surface area contributed by atoms with Gasteiger partial charge in [0.05, 0.1) is 11.6 Å². The van der Waals surface area contributed by atoms with Gasteiger partial charge in [-0.2, -0.15) is 4.98 Å². The molecule has 0 radical (unpaired) electrons. The minimum atomic E-state index is 0.216. The van der Waals surface area contributed by atoms with Crippen molar-refractivity contribution in [1.82, 2.24) is 15.5 Å². The van der Waals surface area contributed by atoms with Crippen molar-refractivity contribution in [2.75, 3.05) is 6.54 Å². The molecule has 1 fully saturated rings. The Morgan fingerprint density at radius 2 is 2.16 bits per heavy atom. The monoisotopic (exact) mass is 261 g/mol. The number of hydrogen-bond acceptors (Lipinski definition) is 5. The molecule has 5 heteroatoms. The second kappa shape index (κ2) is 5.17. The second-order valence-electron chi connectivity index (χ2n) is 5.14. The van der Waals surface area contributed by atoms with Crippen LogP contribution in [0, 0.1) is 13.8 Å². The number of rotatable bonds is 2. The molecule has 0 aromatic carbocycles. The lowest BCUT2D eigenvalue weighted by Gasteiger charge is -2.09. The molecule has 1 unspecified atom stereocenters. The Morgan fingerprint density at radius 3 is 2.95 bits per heavy atom. The fourth-order valence-electron chi connectivity index (χ4n) is 2.58. The van der Waals surface area contributed by atoms with Crippen LogP contribution in [-0.4, -0.2) is 16.7 Å². The normalized spacial score (nSPS) is 20.4. The molecular weight excluding hydrogens is 242 g/mol. The predicted molar refractivity (Wildman–Crippen MR) is 70.7 cm³/mol. The summed E-state index contributed by atoms with van der Waals surface area (Å²) in [6.07, 6.45) is 4.78. The molecule has 0 aliphatic carbocycles. The molecule has 0 bridgehead atoms. The molecule has 102 valence electrons. The molecule has 1 aliphatic rings. The maximum Gasteiger partial charge on any atom is 0.261 e. The summed E-state index contributed by atoms with van der Waals surface area (Å²) in [6.45, 7) is 4.86. The van der Waals surface area contributed by atoms with Gasteiger partial charge in [-0.15, -0.1) is 0 Å². The third kappa shape index (κ3) is 2.56. The van der Waals surface area contributed by atoms with Crippen molar-refractivity contribution in [3.8, 4) is 11.5 Å². The van der Waals surface area contributed by atoms with E-state index in [9.17, 15) is 0 Å². The molecule has 3 rings (SSSR count). The predicted octanol–water partition coefficient (Wildman–Crippen LogP) is 3.15. The van der Waals surface area contributed by atoms with Crippen molar-refractivity contribution < 1.29 is 8.94 Å². The SMILES string of the molecule is Cc1cc(-c2nc(C3CCCCCN3)no2)c(C)o1. The zero-order valence-corrected chi connectivity index (χ0v) is 11.4. The number of furan rings is 1. The van der Waals surface area contributed by atoms with E-state index in [0.717, 1.165) is 35.9 Å². The van der Waals surface area contributed by atoms with Gasteiger partial charge in [-0.3, -0.25) is 0 Å². The van der Waals surface area contributed by atoms with Gasteiger partial charge >= 0.3 is 0 Å². The third-order valence-corrected chi connectivity index (χ3v) is 3.59. The molecule has 1 atom stereocenters. The first-order valence-electron chi connectivity index (χ1n) is 6.88. The average Bonchev–Trinajstić information content (AvgIpc) is 2.88. The quantitative estimate of drug-likeness (QED) is 0.899. The van der Waals surface area contributed by atoms with Crippen LogP contribution in [0.25, 0.3) is 11.5 Å². The van der Waals surface area contributed by atoms with Gasteiger partial charge in [0.15, 0.2) is 5.82 Å². The van der Waals surface area contributed by atoms with Crippen LogP contribution < -0.4 is 5.32 Å². The summed E-state index contributed by atoms with van der Waals surface area (Å²) in [5, 5.41) is 7.59. The highest BCUT2D eigenvalue weighted by Crippen LogP contribution is 2.27. The summed E-state index contributed by atoms with van der Waals surface area (Å²) in [5.74, 6) is 2.99. The van der Waals surface area contributed by atoms with Crippen molar-refractivity contribution >= 4 is 0 Å². The van der Waals surface area contributed by atoms with Crippen molar-refractivity contribution in [2.45, 2.75) is 45.6 Å². The van der Waals surface area contributed by atoms with Gasteiger partial charge in [-0.1, -0.05) is 18.0 Å². The van der Waals surface area contributed by atoms with E-state index in [0.29, 0.717) is 5.89 Å². The summed E-state index contributed by atoms with van der Waals surface area (Å²) in [7, 11) is 0. The lowest BCUT2D eigenvalue weighted by molar-refractivity contribution is 0.401. The van der Waals surface area contributed by atoms with Gasteiger partial charge in [-0.05, 0) is 39.3 Å². The number of hydrogen-bond donors (Lipinski definition) is 1. The smallest absolute Gasteiger partial charge is 0.261 e. The van der Waals surface area contributed by atoms with E-state index in [1.165, 1.54) is 19.3 Å². The molecule has 1 N–H and O–H groups in total. The van der Waals surface area contributed by atoms with Gasteiger partial charge in [0.25, 0.3) is 5.89 Å². The van der Waals surface area contributed by atoms with Crippen LogP contribution >= 0.6 is 0 Å². The Bertz CT molecular complexity index is 551. The van der Waals surface area contributed by atoms with E-state index in [1.54, 1.807) is 0 Å². The van der Waals surface area contributed by atoms with Crippen LogP contribution in [0.5, 0.6) is 0 Å². The largest absolute Gasteiger partial charge is 0.466 e. The standard InChI is InChI=1S/C14H19N3O2/c1-9-8-11(10(2)18-9)14-16-13(17-19-14)12-6-4-3-5-7-15-12/h8,12,15H,3-7H2,1-2H3. The Hall–Kier alpha value is -1.62. The van der Waals surface area contributed by atoms with Crippen LogP contribution in [0.4, 0.5) is 0 Å². The third-order valence-electron chi connectivity index (χ3n) is 3.59. The van der Waals surface area contributed by atoms with Gasteiger partial charge in [0.2, 0.25) is 0 Å². The van der Waals surface area contributed by atoms with Crippen molar-refractivity contribution in [1.29, 1.82) is 0 Å². The van der Waals surface area contributed by atoms with Crippen molar-refractivity contribution in [3.05, 3.63) is 23.4 Å². The molecule has 0 saturated carbocycles. The summed E-state index contributed by atoms with van der Waals surface area (Å²) >= 11 is 0. The van der Waals surface area contributed by atoms with E-state index in [1.807, 2.05) is 19.9 Å². The lowest BCUT2D eigenvalue weighted by atomic mass is 10.1. The average molecular weight is 261 g/mol. The summed E-state index contributed by atoms with van der Waals surface area (Å²) in [4.78, 5) is 4.52. The number of aryl methyl sites for hydroxylation is 2. The molecule has 0 amide bonds. The lowest BCUT2D eigenvalue weighted by Crippen LogP contribution is -2.21. The maximum atomic E-state index is 5.50. The van der Waals surface area contributed by atoms with E-state index < -0.39 is 0 Å². The first-order chi connectivity index (χ1) is 9.24. The zero-order chi connectivity index (χ0) is 13.2. The van der Waals surface area contributed by atoms with E-state index in [-0.39, 0.29) is 6.04 Å². The second-order valence-corrected chi connectivity index (χ2v) is 5.14. The van der Waals surface area contributed by atoms with Gasteiger partial charge in [0, 0.05) is 0 Å². The molecule has 3 heterocycles. The highest BCUT2D eigenvalue weighted by molar-refractivity contribution is 5.56. The summed E-state index contributed by atoms with van der Waals surface area (Å²) in [6, 6.07) is 2.15. The van der Waals surface area contributed by atoms with Crippen LogP contribution in [0.2, 0.25) is 0 Å². The van der Waals surface area contributed by atoms with Crippen LogP contribution in [-0.2, 0) is 0 Å². The molecule has 0 spiro atoms. The van der Waals surface area contributed by atoms with Gasteiger partial charge < -0.3 is 14.3 Å². The van der Waals surface area contributed by atoms with Gasteiger partial charge in [-0.25, -0.2) is 0 Å². The molecule has 19 heavy (non-hydrogen) atoms. The first-order valence-corrected chi connectivity index (χ1v) is 6.88. The molecule has 2 aromatic heterocycles. The Balaban J connectivity index is 1.84. The summed E-state index contributed by atoms with van der Waals surface area (Å²) in [5.41, 5.74) is 0.893. The van der Waals surface area contributed by atoms with Crippen LogP contribution in [0.1, 0.15) is 49.1 Å². The molecule has 2 aromatic rings. The highest BCUT2D eigenvalue weighted by Gasteiger charge is 2.21. The molecular formula is C14H19N3O2. The first kappa shape index (κ1) is 12.4. The van der Waals surface area contributed by atoms with Gasteiger partial charge in [0.1, 0.15) is 11.5 Å². The molecule has 1 saturated heterocycles. The Kier molecular flexibility index (Phi) is 3.38. The number of nitrogens with one attached hydrogen (secondary N) is 1. The van der Waals surface area contributed by atoms with Crippen molar-refractivity contribution in [3.63, 3.8) is 0 Å². The number of aromatic nitrogens is 2. The summed E-state index contributed by atoms with van der Waals surface area (Å²) < 4.78 is 10.9. The topological polar surface area (TPSA) is 64.1 Å². The van der Waals surface area contributed by atoms with E-state index in [2.05, 4.69) is 15.5 Å². The van der Waals surface area contributed by atoms with Crippen LogP contribution in [0.3, 0.4) is 0 Å². The Labute approximate surface area is 112 Å². The molecule has 5 nitrogen and oxygen atoms in total. The van der Waals surface area contributed by atoms with E-state index >= 15 is 0 Å². The Morgan fingerprint density at radius 1 is 1.26 bits per heavy atom. The minimum absolute atomic E-state index is 0.216. The number of nitrogens with zero attached hydrogens (tertiary/aromatic N) is 2.